The lowest BCUT2D eigenvalue weighted by Crippen LogP contribution is -1.91. The van der Waals surface area contributed by atoms with E-state index in [0.29, 0.717) is 0 Å². The average Bonchev–Trinajstić information content (AvgIpc) is 1.61. The van der Waals surface area contributed by atoms with Crippen molar-refractivity contribution in [1.29, 1.82) is 0 Å². The first kappa shape index (κ1) is 6.80. The third kappa shape index (κ3) is 5.80. The van der Waals surface area contributed by atoms with E-state index in [1.54, 1.807) is 0 Å². The van der Waals surface area contributed by atoms with Gasteiger partial charge in [-0.25, -0.2) is 0 Å². The lowest BCUT2D eigenvalue weighted by molar-refractivity contribution is 1.23. The zero-order chi connectivity index (χ0) is 5.70. The molecular formula is C6H13B. The van der Waals surface area contributed by atoms with Crippen LogP contribution in [0.15, 0.2) is 12.1 Å². The smallest absolute Gasteiger partial charge is 0.120 e. The Balaban J connectivity index is 3.08. The molecule has 0 N–H and O–H groups in total. The average molecular weight is 96.0 g/mol. The van der Waals surface area contributed by atoms with Crippen LogP contribution in [0.1, 0.15) is 13.3 Å². The highest BCUT2D eigenvalue weighted by molar-refractivity contribution is 6.61. The Bertz CT molecular complexity index is 55.2. The minimum Gasteiger partial charge on any atom is -0.120 e. The van der Waals surface area contributed by atoms with Crippen LogP contribution in [0.4, 0.5) is 0 Å². The molecule has 0 atom stereocenters. The van der Waals surface area contributed by atoms with Gasteiger partial charge in [-0.2, -0.15) is 0 Å². The quantitative estimate of drug-likeness (QED) is 0.462. The third-order valence-electron chi connectivity index (χ3n) is 0.757. The highest BCUT2D eigenvalue weighted by atomic mass is 13.6. The molecule has 0 nitrogen and oxygen atoms in total. The first-order valence-electron chi connectivity index (χ1n) is 2.94. The molecule has 0 aliphatic heterocycles. The molecule has 0 saturated carbocycles. The van der Waals surface area contributed by atoms with E-state index in [2.05, 4.69) is 32.6 Å². The fourth-order valence-electron chi connectivity index (χ4n) is 0.408. The topological polar surface area (TPSA) is 0 Å². The van der Waals surface area contributed by atoms with Crippen LogP contribution in [0.25, 0.3) is 0 Å². The summed E-state index contributed by atoms with van der Waals surface area (Å²) in [6, 6.07) is 0. The maximum Gasteiger partial charge on any atom is 0.159 e. The molecule has 1 heteroatoms. The van der Waals surface area contributed by atoms with Gasteiger partial charge in [-0.05, 0) is 6.42 Å². The Hall–Kier alpha value is -0.195. The molecular weight excluding hydrogens is 82.9 g/mol. The van der Waals surface area contributed by atoms with Gasteiger partial charge >= 0.3 is 0 Å². The van der Waals surface area contributed by atoms with Gasteiger partial charge in [0.05, 0.1) is 0 Å². The summed E-state index contributed by atoms with van der Waals surface area (Å²) in [6.45, 7) is 7.25. The summed E-state index contributed by atoms with van der Waals surface area (Å²) in [7, 11) is 0. The molecule has 0 aliphatic carbocycles. The van der Waals surface area contributed by atoms with Gasteiger partial charge in [0.25, 0.3) is 0 Å². The Labute approximate surface area is 46.7 Å². The van der Waals surface area contributed by atoms with Crippen LogP contribution < -0.4 is 0 Å². The summed E-state index contributed by atoms with van der Waals surface area (Å²) < 4.78 is 0. The van der Waals surface area contributed by atoms with Crippen LogP contribution in [-0.2, 0) is 0 Å². The minimum atomic E-state index is 0.722. The van der Waals surface area contributed by atoms with Crippen molar-refractivity contribution in [2.45, 2.75) is 27.0 Å². The normalized spacial score (nSPS) is 10.1. The molecule has 0 aliphatic rings. The maximum atomic E-state index is 2.22. The molecule has 40 valence electrons. The highest BCUT2D eigenvalue weighted by Crippen LogP contribution is 1.84. The highest BCUT2D eigenvalue weighted by Gasteiger charge is 1.85. The van der Waals surface area contributed by atoms with E-state index >= 15 is 0 Å². The molecule has 0 aromatic heterocycles. The lowest BCUT2D eigenvalue weighted by atomic mass is 9.55. The van der Waals surface area contributed by atoms with E-state index in [4.69, 9.17) is 0 Å². The zero-order valence-corrected chi connectivity index (χ0v) is 5.44. The first-order chi connectivity index (χ1) is 3.27. The van der Waals surface area contributed by atoms with Gasteiger partial charge in [0.2, 0.25) is 0 Å². The third-order valence-corrected chi connectivity index (χ3v) is 0.757. The summed E-state index contributed by atoms with van der Waals surface area (Å²) >= 11 is 0. The fraction of sp³-hybridized carbons (Fsp3) is 0.667. The lowest BCUT2D eigenvalue weighted by Gasteiger charge is -1.83. The first-order valence-corrected chi connectivity index (χ1v) is 2.94. The van der Waals surface area contributed by atoms with Gasteiger partial charge in [-0.15, -0.1) is 5.98 Å². The molecule has 0 radical (unpaired) electrons. The molecule has 0 unspecified atom stereocenters. The second-order valence-corrected chi connectivity index (χ2v) is 2.08. The van der Waals surface area contributed by atoms with Gasteiger partial charge in [-0.1, -0.05) is 26.6 Å². The molecule has 0 aromatic carbocycles. The predicted molar refractivity (Wildman–Crippen MR) is 36.9 cm³/mol. The van der Waals surface area contributed by atoms with Gasteiger partial charge in [0.15, 0.2) is 6.71 Å². The number of rotatable bonds is 2. The zero-order valence-electron chi connectivity index (χ0n) is 5.44. The van der Waals surface area contributed by atoms with Crippen LogP contribution in [-0.4, -0.2) is 6.71 Å². The van der Waals surface area contributed by atoms with Crippen molar-refractivity contribution < 1.29 is 0 Å². The van der Waals surface area contributed by atoms with Gasteiger partial charge < -0.3 is 0 Å². The Morgan fingerprint density at radius 1 is 1.43 bits per heavy atom. The number of hydrogen-bond acceptors (Lipinski definition) is 0. The van der Waals surface area contributed by atoms with Crippen molar-refractivity contribution in [2.75, 3.05) is 0 Å². The van der Waals surface area contributed by atoms with E-state index in [0.717, 1.165) is 13.1 Å². The van der Waals surface area contributed by atoms with Crippen molar-refractivity contribution >= 4 is 6.71 Å². The van der Waals surface area contributed by atoms with Crippen molar-refractivity contribution in [3.8, 4) is 0 Å². The van der Waals surface area contributed by atoms with Gasteiger partial charge in [-0.3, -0.25) is 0 Å². The van der Waals surface area contributed by atoms with Crippen LogP contribution in [0.2, 0.25) is 13.6 Å². The maximum absolute atomic E-state index is 2.22. The van der Waals surface area contributed by atoms with E-state index in [1.807, 2.05) is 0 Å². The second-order valence-electron chi connectivity index (χ2n) is 2.08. The monoisotopic (exact) mass is 96.1 g/mol. The van der Waals surface area contributed by atoms with Crippen LogP contribution >= 0.6 is 0 Å². The standard InChI is InChI=1S/C6H13B/c1-4-5-6-7(2)3/h5-6H,4H2,1-3H3. The largest absolute Gasteiger partial charge is 0.159 e. The summed E-state index contributed by atoms with van der Waals surface area (Å²) in [5, 5.41) is 0. The second kappa shape index (κ2) is 3.98. The minimum absolute atomic E-state index is 0.722. The predicted octanol–water partition coefficient (Wildman–Crippen LogP) is 2.25. The van der Waals surface area contributed by atoms with Crippen molar-refractivity contribution in [3.05, 3.63) is 12.1 Å². The molecule has 0 heterocycles. The van der Waals surface area contributed by atoms with Crippen molar-refractivity contribution in [2.24, 2.45) is 0 Å². The van der Waals surface area contributed by atoms with E-state index in [1.165, 1.54) is 0 Å². The van der Waals surface area contributed by atoms with Crippen molar-refractivity contribution in [1.82, 2.24) is 0 Å². The molecule has 0 amide bonds. The number of hydrogen-bond donors (Lipinski definition) is 0. The molecule has 0 rings (SSSR count). The van der Waals surface area contributed by atoms with E-state index in [9.17, 15) is 0 Å². The molecule has 0 aromatic rings. The van der Waals surface area contributed by atoms with Crippen LogP contribution in [0.3, 0.4) is 0 Å². The molecule has 7 heavy (non-hydrogen) atoms. The molecule has 0 spiro atoms. The van der Waals surface area contributed by atoms with Gasteiger partial charge in [0, 0.05) is 0 Å². The number of allylic oxidation sites excluding steroid dienone is 1. The molecule has 0 fully saturated rings. The molecule has 0 bridgehead atoms. The van der Waals surface area contributed by atoms with Crippen LogP contribution in [0, 0.1) is 0 Å². The summed E-state index contributed by atoms with van der Waals surface area (Å²) in [5.41, 5.74) is 0. The van der Waals surface area contributed by atoms with Crippen molar-refractivity contribution in [3.63, 3.8) is 0 Å². The SMILES string of the molecule is CCC=CB(C)C. The fourth-order valence-corrected chi connectivity index (χ4v) is 0.408. The Kier molecular flexibility index (Phi) is 3.87. The Morgan fingerprint density at radius 2 is 2.00 bits per heavy atom. The summed E-state index contributed by atoms with van der Waals surface area (Å²) in [5.74, 6) is 2.22. The van der Waals surface area contributed by atoms with E-state index < -0.39 is 0 Å². The van der Waals surface area contributed by atoms with Gasteiger partial charge in [0.1, 0.15) is 0 Å². The van der Waals surface area contributed by atoms with E-state index in [-0.39, 0.29) is 0 Å². The molecule has 0 saturated heterocycles. The summed E-state index contributed by atoms with van der Waals surface area (Å²) in [6.07, 6.45) is 3.36. The van der Waals surface area contributed by atoms with Crippen LogP contribution in [0.5, 0.6) is 0 Å². The Morgan fingerprint density at radius 3 is 2.14 bits per heavy atom. The summed E-state index contributed by atoms with van der Waals surface area (Å²) in [4.78, 5) is 0.